The largest absolute Gasteiger partial charge is 0.508 e. The van der Waals surface area contributed by atoms with Crippen molar-refractivity contribution in [3.8, 4) is 11.8 Å². The second-order valence-electron chi connectivity index (χ2n) is 2.75. The van der Waals surface area contributed by atoms with E-state index in [1.165, 1.54) is 0 Å². The minimum atomic E-state index is -0.997. The molecule has 7 nitrogen and oxygen atoms in total. The van der Waals surface area contributed by atoms with Crippen molar-refractivity contribution in [3.05, 3.63) is 33.4 Å². The van der Waals surface area contributed by atoms with Crippen LogP contribution in [0.2, 0.25) is 0 Å². The Morgan fingerprint density at radius 2 is 2.25 bits per heavy atom. The third-order valence-electron chi connectivity index (χ3n) is 1.81. The number of nitriles is 1. The van der Waals surface area contributed by atoms with Crippen LogP contribution in [0.3, 0.4) is 0 Å². The number of methoxy groups -OCH3 is 1. The average Bonchev–Trinajstić information content (AvgIpc) is 2.26. The number of nitrogens with zero attached hydrogens (tertiary/aromatic N) is 2. The Morgan fingerprint density at radius 1 is 1.62 bits per heavy atom. The highest BCUT2D eigenvalue weighted by atomic mass is 16.6. The van der Waals surface area contributed by atoms with Crippen LogP contribution in [0.15, 0.2) is 12.1 Å². The summed E-state index contributed by atoms with van der Waals surface area (Å²) in [7, 11) is 1.04. The molecule has 0 saturated heterocycles. The zero-order valence-electron chi connectivity index (χ0n) is 8.13. The Bertz CT molecular complexity index is 503. The standard InChI is InChI=1S/C9H6N2O5/c1-16-9(13)8-5(4-10)2-6(12)3-7(8)11(14)15/h2-3,12H,1H3. The van der Waals surface area contributed by atoms with Gasteiger partial charge in [-0.05, 0) is 6.07 Å². The highest BCUT2D eigenvalue weighted by molar-refractivity contribution is 5.97. The first kappa shape index (κ1) is 11.5. The third kappa shape index (κ3) is 1.90. The van der Waals surface area contributed by atoms with E-state index in [4.69, 9.17) is 10.4 Å². The van der Waals surface area contributed by atoms with E-state index < -0.39 is 27.9 Å². The van der Waals surface area contributed by atoms with Crippen molar-refractivity contribution < 1.29 is 19.6 Å². The van der Waals surface area contributed by atoms with Crippen molar-refractivity contribution >= 4 is 11.7 Å². The van der Waals surface area contributed by atoms with Crippen molar-refractivity contribution in [2.45, 2.75) is 0 Å². The molecule has 0 amide bonds. The molecule has 0 bridgehead atoms. The molecule has 1 aromatic rings. The molecule has 1 N–H and O–H groups in total. The number of benzene rings is 1. The van der Waals surface area contributed by atoms with Crippen LogP contribution in [-0.2, 0) is 4.74 Å². The van der Waals surface area contributed by atoms with E-state index in [2.05, 4.69) is 4.74 Å². The molecule has 0 fully saturated rings. The van der Waals surface area contributed by atoms with Gasteiger partial charge in [0.1, 0.15) is 11.8 Å². The summed E-state index contributed by atoms with van der Waals surface area (Å²) in [5, 5.41) is 28.5. The molecule has 0 radical (unpaired) electrons. The van der Waals surface area contributed by atoms with Gasteiger partial charge in [-0.1, -0.05) is 0 Å². The number of hydrogen-bond acceptors (Lipinski definition) is 6. The van der Waals surface area contributed by atoms with Crippen molar-refractivity contribution in [1.82, 2.24) is 0 Å². The van der Waals surface area contributed by atoms with E-state index in [0.717, 1.165) is 19.2 Å². The summed E-state index contributed by atoms with van der Waals surface area (Å²) in [5.41, 5.74) is -1.44. The van der Waals surface area contributed by atoms with Gasteiger partial charge in [0.05, 0.1) is 23.7 Å². The number of phenolic OH excluding ortho intramolecular Hbond substituents is 1. The van der Waals surface area contributed by atoms with Crippen LogP contribution >= 0.6 is 0 Å². The molecule has 82 valence electrons. The molecule has 1 rings (SSSR count). The summed E-state index contributed by atoms with van der Waals surface area (Å²) < 4.78 is 4.33. The fourth-order valence-corrected chi connectivity index (χ4v) is 1.16. The second-order valence-corrected chi connectivity index (χ2v) is 2.75. The zero-order chi connectivity index (χ0) is 12.3. The number of carbonyl (C=O) groups is 1. The van der Waals surface area contributed by atoms with Crippen molar-refractivity contribution in [2.75, 3.05) is 7.11 Å². The summed E-state index contributed by atoms with van der Waals surface area (Å²) in [6.45, 7) is 0. The van der Waals surface area contributed by atoms with Gasteiger partial charge in [0.25, 0.3) is 5.69 Å². The van der Waals surface area contributed by atoms with Crippen LogP contribution < -0.4 is 0 Å². The number of esters is 1. The lowest BCUT2D eigenvalue weighted by molar-refractivity contribution is -0.385. The van der Waals surface area contributed by atoms with Crippen LogP contribution in [0, 0.1) is 21.4 Å². The Balaban J connectivity index is 3.59. The lowest BCUT2D eigenvalue weighted by atomic mass is 10.1. The van der Waals surface area contributed by atoms with Gasteiger partial charge in [-0.2, -0.15) is 5.26 Å². The Morgan fingerprint density at radius 3 is 2.69 bits per heavy atom. The number of rotatable bonds is 2. The number of phenols is 1. The molecular weight excluding hydrogens is 216 g/mol. The highest BCUT2D eigenvalue weighted by Crippen LogP contribution is 2.28. The first-order valence-electron chi connectivity index (χ1n) is 4.01. The Kier molecular flexibility index (Phi) is 3.06. The third-order valence-corrected chi connectivity index (χ3v) is 1.81. The van der Waals surface area contributed by atoms with E-state index in [-0.39, 0.29) is 5.56 Å². The fraction of sp³-hybridized carbons (Fsp3) is 0.111. The molecule has 7 heteroatoms. The van der Waals surface area contributed by atoms with Gasteiger partial charge in [-0.25, -0.2) is 4.79 Å². The SMILES string of the molecule is COC(=O)c1c(C#N)cc(O)cc1[N+](=O)[O-]. The van der Waals surface area contributed by atoms with Crippen LogP contribution in [0.5, 0.6) is 5.75 Å². The quantitative estimate of drug-likeness (QED) is 0.452. The lowest BCUT2D eigenvalue weighted by Gasteiger charge is -2.03. The van der Waals surface area contributed by atoms with Crippen molar-refractivity contribution in [1.29, 1.82) is 5.26 Å². The minimum Gasteiger partial charge on any atom is -0.508 e. The number of hydrogen-bond donors (Lipinski definition) is 1. The molecule has 0 heterocycles. The van der Waals surface area contributed by atoms with E-state index in [1.807, 2.05) is 0 Å². The van der Waals surface area contributed by atoms with Crippen LogP contribution in [0.25, 0.3) is 0 Å². The maximum atomic E-state index is 11.3. The van der Waals surface area contributed by atoms with Gasteiger partial charge < -0.3 is 9.84 Å². The zero-order valence-corrected chi connectivity index (χ0v) is 8.13. The number of carbonyl (C=O) groups excluding carboxylic acids is 1. The Labute approximate surface area is 89.6 Å². The molecule has 0 atom stereocenters. The maximum Gasteiger partial charge on any atom is 0.346 e. The van der Waals surface area contributed by atoms with E-state index in [0.29, 0.717) is 0 Å². The molecule has 0 aliphatic carbocycles. The number of nitro groups is 1. The lowest BCUT2D eigenvalue weighted by Crippen LogP contribution is -2.08. The van der Waals surface area contributed by atoms with E-state index >= 15 is 0 Å². The predicted molar refractivity (Wildman–Crippen MR) is 50.8 cm³/mol. The van der Waals surface area contributed by atoms with Gasteiger partial charge in [-0.3, -0.25) is 10.1 Å². The molecule has 0 unspecified atom stereocenters. The van der Waals surface area contributed by atoms with Gasteiger partial charge in [0.15, 0.2) is 5.56 Å². The first-order chi connectivity index (χ1) is 7.51. The normalized spacial score (nSPS) is 9.25. The van der Waals surface area contributed by atoms with Crippen molar-refractivity contribution in [3.63, 3.8) is 0 Å². The van der Waals surface area contributed by atoms with Crippen molar-refractivity contribution in [2.24, 2.45) is 0 Å². The van der Waals surface area contributed by atoms with Gasteiger partial charge in [0.2, 0.25) is 0 Å². The van der Waals surface area contributed by atoms with Gasteiger partial charge >= 0.3 is 5.97 Å². The summed E-state index contributed by atoms with van der Waals surface area (Å²) in [4.78, 5) is 21.0. The fourth-order valence-electron chi connectivity index (χ4n) is 1.16. The summed E-state index contributed by atoms with van der Waals surface area (Å²) in [6, 6.07) is 3.32. The maximum absolute atomic E-state index is 11.3. The molecule has 1 aromatic carbocycles. The second kappa shape index (κ2) is 4.27. The number of nitro benzene ring substituents is 1. The molecule has 0 saturated carbocycles. The topological polar surface area (TPSA) is 113 Å². The molecular formula is C9H6N2O5. The van der Waals surface area contributed by atoms with E-state index in [9.17, 15) is 14.9 Å². The van der Waals surface area contributed by atoms with Crippen LogP contribution in [0.1, 0.15) is 15.9 Å². The smallest absolute Gasteiger partial charge is 0.346 e. The molecule has 16 heavy (non-hydrogen) atoms. The molecule has 0 aliphatic rings. The minimum absolute atomic E-state index is 0.307. The number of ether oxygens (including phenoxy) is 1. The van der Waals surface area contributed by atoms with Gasteiger partial charge in [0, 0.05) is 0 Å². The summed E-state index contributed by atoms with van der Waals surface area (Å²) in [5.74, 6) is -1.46. The average molecular weight is 222 g/mol. The van der Waals surface area contributed by atoms with E-state index in [1.54, 1.807) is 6.07 Å². The van der Waals surface area contributed by atoms with Crippen LogP contribution in [0.4, 0.5) is 5.69 Å². The predicted octanol–water partition coefficient (Wildman–Crippen LogP) is 0.959. The summed E-state index contributed by atoms with van der Waals surface area (Å²) in [6.07, 6.45) is 0. The van der Waals surface area contributed by atoms with Crippen LogP contribution in [-0.4, -0.2) is 23.1 Å². The van der Waals surface area contributed by atoms with Gasteiger partial charge in [-0.15, -0.1) is 0 Å². The molecule has 0 spiro atoms. The Hall–Kier alpha value is -2.62. The molecule has 0 aliphatic heterocycles. The summed E-state index contributed by atoms with van der Waals surface area (Å²) >= 11 is 0. The molecule has 0 aromatic heterocycles. The monoisotopic (exact) mass is 222 g/mol. The highest BCUT2D eigenvalue weighted by Gasteiger charge is 2.26. The number of aromatic hydroxyl groups is 1. The first-order valence-corrected chi connectivity index (χ1v) is 4.01.